The maximum Gasteiger partial charge on any atom is 0.231 e. The van der Waals surface area contributed by atoms with Crippen LogP contribution in [0.2, 0.25) is 0 Å². The smallest absolute Gasteiger partial charge is 0.231 e. The molecule has 21 heavy (non-hydrogen) atoms. The molecule has 1 atom stereocenters. The molecule has 0 spiro atoms. The molecule has 1 aliphatic rings. The van der Waals surface area contributed by atoms with Gasteiger partial charge in [-0.2, -0.15) is 0 Å². The molecule has 1 aliphatic heterocycles. The van der Waals surface area contributed by atoms with Crippen LogP contribution < -0.4 is 10.6 Å². The van der Waals surface area contributed by atoms with E-state index in [4.69, 9.17) is 5.73 Å². The first-order chi connectivity index (χ1) is 9.99. The number of hydrogen-bond acceptors (Lipinski definition) is 2. The second-order valence-electron chi connectivity index (χ2n) is 5.45. The third kappa shape index (κ3) is 2.39. The van der Waals surface area contributed by atoms with Gasteiger partial charge in [0.25, 0.3) is 0 Å². The van der Waals surface area contributed by atoms with Gasteiger partial charge in [-0.3, -0.25) is 4.79 Å². The van der Waals surface area contributed by atoms with Crippen LogP contribution in [0.4, 0.5) is 5.69 Å². The summed E-state index contributed by atoms with van der Waals surface area (Å²) in [6.45, 7) is 2.06. The van der Waals surface area contributed by atoms with Crippen molar-refractivity contribution in [3.05, 3.63) is 63.1 Å². The molecule has 0 aromatic heterocycles. The molecular formula is C17H17BrN2O. The standard InChI is InChI=1S/C17H17BrN2O/c1-10-13(4-3-5-14(10)18)17(19)11-6-7-15-12(8-11)9-16(21)20(15)2/h3-8,17H,9,19H2,1-2H3. The van der Waals surface area contributed by atoms with Crippen molar-refractivity contribution in [2.75, 3.05) is 11.9 Å². The van der Waals surface area contributed by atoms with Gasteiger partial charge in [-0.05, 0) is 41.3 Å². The molecule has 2 aromatic rings. The van der Waals surface area contributed by atoms with Crippen LogP contribution in [-0.2, 0) is 11.2 Å². The molecular weight excluding hydrogens is 328 g/mol. The first-order valence-corrected chi connectivity index (χ1v) is 7.68. The third-order valence-corrected chi connectivity index (χ3v) is 5.04. The number of hydrogen-bond donors (Lipinski definition) is 1. The van der Waals surface area contributed by atoms with Crippen molar-refractivity contribution in [1.82, 2.24) is 0 Å². The van der Waals surface area contributed by atoms with Crippen molar-refractivity contribution >= 4 is 27.5 Å². The second-order valence-corrected chi connectivity index (χ2v) is 6.30. The van der Waals surface area contributed by atoms with Gasteiger partial charge in [0.15, 0.2) is 0 Å². The predicted molar refractivity (Wildman–Crippen MR) is 88.5 cm³/mol. The van der Waals surface area contributed by atoms with Crippen LogP contribution in [0.1, 0.15) is 28.3 Å². The molecule has 108 valence electrons. The third-order valence-electron chi connectivity index (χ3n) is 4.18. The van der Waals surface area contributed by atoms with Crippen LogP contribution >= 0.6 is 15.9 Å². The summed E-state index contributed by atoms with van der Waals surface area (Å²) in [4.78, 5) is 13.5. The van der Waals surface area contributed by atoms with E-state index in [1.807, 2.05) is 31.3 Å². The number of nitrogens with zero attached hydrogens (tertiary/aromatic N) is 1. The van der Waals surface area contributed by atoms with Gasteiger partial charge in [-0.15, -0.1) is 0 Å². The number of amides is 1. The lowest BCUT2D eigenvalue weighted by Crippen LogP contribution is -2.20. The highest BCUT2D eigenvalue weighted by Gasteiger charge is 2.25. The number of carbonyl (C=O) groups excluding carboxylic acids is 1. The van der Waals surface area contributed by atoms with E-state index < -0.39 is 0 Å². The number of rotatable bonds is 2. The lowest BCUT2D eigenvalue weighted by atomic mass is 9.94. The van der Waals surface area contributed by atoms with E-state index in [-0.39, 0.29) is 11.9 Å². The van der Waals surface area contributed by atoms with E-state index in [1.54, 1.807) is 4.90 Å². The number of halogens is 1. The fraction of sp³-hybridized carbons (Fsp3) is 0.235. The topological polar surface area (TPSA) is 46.3 Å². The van der Waals surface area contributed by atoms with Gasteiger partial charge in [0.05, 0.1) is 12.5 Å². The summed E-state index contributed by atoms with van der Waals surface area (Å²) < 4.78 is 1.06. The van der Waals surface area contributed by atoms with Crippen LogP contribution in [0.5, 0.6) is 0 Å². The quantitative estimate of drug-likeness (QED) is 0.908. The highest BCUT2D eigenvalue weighted by atomic mass is 79.9. The largest absolute Gasteiger partial charge is 0.320 e. The Bertz CT molecular complexity index is 727. The summed E-state index contributed by atoms with van der Waals surface area (Å²) in [5.74, 6) is 0.134. The minimum absolute atomic E-state index is 0.134. The number of benzene rings is 2. The van der Waals surface area contributed by atoms with Crippen molar-refractivity contribution < 1.29 is 4.79 Å². The summed E-state index contributed by atoms with van der Waals surface area (Å²) in [6.07, 6.45) is 0.462. The van der Waals surface area contributed by atoms with Gasteiger partial charge in [0.1, 0.15) is 0 Å². The highest BCUT2D eigenvalue weighted by molar-refractivity contribution is 9.10. The number of fused-ring (bicyclic) bond motifs is 1. The molecule has 1 amide bonds. The van der Waals surface area contributed by atoms with E-state index in [0.717, 1.165) is 32.4 Å². The molecule has 2 aromatic carbocycles. The summed E-state index contributed by atoms with van der Waals surface area (Å²) in [5, 5.41) is 0. The molecule has 0 fully saturated rings. The van der Waals surface area contributed by atoms with Crippen LogP contribution in [0.15, 0.2) is 40.9 Å². The zero-order valence-electron chi connectivity index (χ0n) is 12.1. The van der Waals surface area contributed by atoms with Crippen molar-refractivity contribution in [2.45, 2.75) is 19.4 Å². The lowest BCUT2D eigenvalue weighted by Gasteiger charge is -2.18. The zero-order valence-corrected chi connectivity index (χ0v) is 13.6. The maximum atomic E-state index is 11.8. The normalized spacial score (nSPS) is 15.2. The monoisotopic (exact) mass is 344 g/mol. The molecule has 3 nitrogen and oxygen atoms in total. The molecule has 0 radical (unpaired) electrons. The molecule has 0 bridgehead atoms. The Hall–Kier alpha value is -1.65. The Morgan fingerprint density at radius 1 is 1.29 bits per heavy atom. The van der Waals surface area contributed by atoms with Crippen molar-refractivity contribution in [2.24, 2.45) is 5.73 Å². The Morgan fingerprint density at radius 3 is 2.81 bits per heavy atom. The minimum Gasteiger partial charge on any atom is -0.320 e. The number of likely N-dealkylation sites (N-methyl/N-ethyl adjacent to an activating group) is 1. The Morgan fingerprint density at radius 2 is 2.05 bits per heavy atom. The van der Waals surface area contributed by atoms with Crippen LogP contribution in [0.25, 0.3) is 0 Å². The first kappa shape index (κ1) is 14.3. The van der Waals surface area contributed by atoms with Crippen LogP contribution in [0.3, 0.4) is 0 Å². The molecule has 0 saturated carbocycles. The van der Waals surface area contributed by atoms with Gasteiger partial charge < -0.3 is 10.6 Å². The SMILES string of the molecule is Cc1c(Br)cccc1C(N)c1ccc2c(c1)CC(=O)N2C. The molecule has 4 heteroatoms. The van der Waals surface area contributed by atoms with E-state index in [9.17, 15) is 4.79 Å². The first-order valence-electron chi connectivity index (χ1n) is 6.89. The van der Waals surface area contributed by atoms with E-state index in [2.05, 4.69) is 35.0 Å². The Kier molecular flexibility index (Phi) is 3.59. The molecule has 1 unspecified atom stereocenters. The van der Waals surface area contributed by atoms with Crippen molar-refractivity contribution in [3.8, 4) is 0 Å². The lowest BCUT2D eigenvalue weighted by molar-refractivity contribution is -0.117. The molecule has 0 aliphatic carbocycles. The highest BCUT2D eigenvalue weighted by Crippen LogP contribution is 2.33. The fourth-order valence-electron chi connectivity index (χ4n) is 2.82. The van der Waals surface area contributed by atoms with Crippen LogP contribution in [0, 0.1) is 6.92 Å². The summed E-state index contributed by atoms with van der Waals surface area (Å²) >= 11 is 3.55. The van der Waals surface area contributed by atoms with Gasteiger partial charge in [0, 0.05) is 17.2 Å². The van der Waals surface area contributed by atoms with E-state index in [0.29, 0.717) is 6.42 Å². The number of nitrogens with two attached hydrogens (primary N) is 1. The average molecular weight is 345 g/mol. The van der Waals surface area contributed by atoms with E-state index >= 15 is 0 Å². The Balaban J connectivity index is 2.00. The summed E-state index contributed by atoms with van der Waals surface area (Å²) in [6, 6.07) is 11.9. The Labute approximate surface area is 132 Å². The molecule has 2 N–H and O–H groups in total. The van der Waals surface area contributed by atoms with E-state index in [1.165, 1.54) is 0 Å². The average Bonchev–Trinajstić information content (AvgIpc) is 2.76. The van der Waals surface area contributed by atoms with Gasteiger partial charge >= 0.3 is 0 Å². The van der Waals surface area contributed by atoms with Crippen LogP contribution in [-0.4, -0.2) is 13.0 Å². The predicted octanol–water partition coefficient (Wildman–Crippen LogP) is 3.32. The van der Waals surface area contributed by atoms with Gasteiger partial charge in [-0.1, -0.05) is 40.2 Å². The minimum atomic E-state index is -0.186. The molecule has 1 heterocycles. The maximum absolute atomic E-state index is 11.8. The summed E-state index contributed by atoms with van der Waals surface area (Å²) in [5.41, 5.74) is 11.8. The van der Waals surface area contributed by atoms with Crippen molar-refractivity contribution in [3.63, 3.8) is 0 Å². The molecule has 0 saturated heterocycles. The molecule has 3 rings (SSSR count). The fourth-order valence-corrected chi connectivity index (χ4v) is 3.21. The second kappa shape index (κ2) is 5.28. The zero-order chi connectivity index (χ0) is 15.1. The van der Waals surface area contributed by atoms with Gasteiger partial charge in [0.2, 0.25) is 5.91 Å². The van der Waals surface area contributed by atoms with Gasteiger partial charge in [-0.25, -0.2) is 0 Å². The summed E-state index contributed by atoms with van der Waals surface area (Å²) in [7, 11) is 1.81. The van der Waals surface area contributed by atoms with Crippen molar-refractivity contribution in [1.29, 1.82) is 0 Å². The number of carbonyl (C=O) groups is 1. The number of anilines is 1.